The molecule has 1 unspecified atom stereocenters. The van der Waals surface area contributed by atoms with Crippen LogP contribution < -0.4 is 14.8 Å². The van der Waals surface area contributed by atoms with Crippen LogP contribution in [0.3, 0.4) is 0 Å². The summed E-state index contributed by atoms with van der Waals surface area (Å²) in [6.45, 7) is 3.09. The average molecular weight is 268 g/mol. The summed E-state index contributed by atoms with van der Waals surface area (Å²) < 4.78 is 10.7. The van der Waals surface area contributed by atoms with Gasteiger partial charge in [-0.25, -0.2) is 5.11 Å². The number of aliphatic hydroxyl groups is 1. The zero-order chi connectivity index (χ0) is 14.1. The first-order valence-electron chi connectivity index (χ1n) is 6.47. The van der Waals surface area contributed by atoms with E-state index in [0.717, 1.165) is 23.5 Å². The lowest BCUT2D eigenvalue weighted by Crippen LogP contribution is -2.30. The van der Waals surface area contributed by atoms with Gasteiger partial charge in [-0.05, 0) is 37.6 Å². The largest absolute Gasteiger partial charge is 0.493 e. The summed E-state index contributed by atoms with van der Waals surface area (Å²) in [5.74, 6) is 1.46. The van der Waals surface area contributed by atoms with Crippen molar-refractivity contribution in [1.82, 2.24) is 5.32 Å². The highest BCUT2D eigenvalue weighted by Gasteiger charge is 2.06. The topological polar surface area (TPSA) is 70.6 Å². The van der Waals surface area contributed by atoms with Crippen LogP contribution in [0.4, 0.5) is 0 Å². The molecule has 5 nitrogen and oxygen atoms in total. The van der Waals surface area contributed by atoms with Crippen LogP contribution in [0.15, 0.2) is 18.2 Å². The van der Waals surface area contributed by atoms with Gasteiger partial charge in [0.15, 0.2) is 11.5 Å². The minimum Gasteiger partial charge on any atom is -0.493 e. The minimum atomic E-state index is -0.810. The molecule has 0 aromatic heterocycles. The summed E-state index contributed by atoms with van der Waals surface area (Å²) in [4.78, 5) is 0. The van der Waals surface area contributed by atoms with E-state index in [4.69, 9.17) is 14.6 Å². The van der Waals surface area contributed by atoms with E-state index in [2.05, 4.69) is 5.32 Å². The average Bonchev–Trinajstić information content (AvgIpc) is 2.44. The van der Waals surface area contributed by atoms with Gasteiger partial charge in [0.25, 0.3) is 0 Å². The third-order valence-electron chi connectivity index (χ3n) is 2.69. The Morgan fingerprint density at radius 1 is 1.37 bits per heavy atom. The number of hydrogen-bond donors (Lipinski definition) is 2. The summed E-state index contributed by atoms with van der Waals surface area (Å²) in [6, 6.07) is 5.81. The van der Waals surface area contributed by atoms with Crippen LogP contribution in [0, 0.1) is 0 Å². The second kappa shape index (κ2) is 8.74. The highest BCUT2D eigenvalue weighted by Crippen LogP contribution is 2.28. The Morgan fingerprint density at radius 3 is 2.79 bits per heavy atom. The molecule has 0 saturated carbocycles. The molecule has 1 aromatic carbocycles. The second-order valence-corrected chi connectivity index (χ2v) is 4.19. The van der Waals surface area contributed by atoms with Crippen LogP contribution >= 0.6 is 0 Å². The molecule has 0 fully saturated rings. The monoisotopic (exact) mass is 268 g/mol. The van der Waals surface area contributed by atoms with Gasteiger partial charge in [0.2, 0.25) is 0 Å². The molecule has 0 saturated heterocycles. The second-order valence-electron chi connectivity index (χ2n) is 4.19. The van der Waals surface area contributed by atoms with Gasteiger partial charge in [-0.3, -0.25) is 0 Å². The molecule has 0 bridgehead atoms. The molecule has 0 amide bonds. The van der Waals surface area contributed by atoms with E-state index in [1.165, 1.54) is 0 Å². The molecule has 0 aliphatic rings. The fourth-order valence-corrected chi connectivity index (χ4v) is 1.71. The number of aliphatic hydroxyl groups excluding tert-OH is 1. The van der Waals surface area contributed by atoms with Gasteiger partial charge < -0.3 is 19.9 Å². The van der Waals surface area contributed by atoms with Gasteiger partial charge in [0.1, 0.15) is 6.61 Å². The highest BCUT2D eigenvalue weighted by atomic mass is 16.5. The van der Waals surface area contributed by atoms with Crippen LogP contribution in [-0.2, 0) is 11.5 Å². The highest BCUT2D eigenvalue weighted by molar-refractivity contribution is 5.43. The first-order chi connectivity index (χ1) is 9.21. The minimum absolute atomic E-state index is 0.331. The third-order valence-corrected chi connectivity index (χ3v) is 2.69. The van der Waals surface area contributed by atoms with Crippen molar-refractivity contribution in [3.63, 3.8) is 0 Å². The summed E-state index contributed by atoms with van der Waals surface area (Å²) in [7, 11) is 1.61. The molecular weight excluding hydrogens is 246 g/mol. The van der Waals surface area contributed by atoms with E-state index in [9.17, 15) is 5.11 Å². The Bertz CT molecular complexity index is 370. The number of hydrogen-bond acceptors (Lipinski definition) is 4. The van der Waals surface area contributed by atoms with Gasteiger partial charge in [-0.2, -0.15) is 0 Å². The number of nitrogens with one attached hydrogen (secondary N) is 1. The van der Waals surface area contributed by atoms with Gasteiger partial charge in [-0.1, -0.05) is 6.07 Å². The van der Waals surface area contributed by atoms with Crippen molar-refractivity contribution in [1.29, 1.82) is 0 Å². The number of ether oxygens (including phenoxy) is 2. The molecule has 1 rings (SSSR count). The fraction of sp³-hybridized carbons (Fsp3) is 0.571. The van der Waals surface area contributed by atoms with E-state index in [0.29, 0.717) is 19.7 Å². The molecular formula is C14H22NO4. The van der Waals surface area contributed by atoms with Crippen molar-refractivity contribution < 1.29 is 19.7 Å². The lowest BCUT2D eigenvalue weighted by Gasteiger charge is -2.12. The van der Waals surface area contributed by atoms with Gasteiger partial charge in [0, 0.05) is 6.54 Å². The summed E-state index contributed by atoms with van der Waals surface area (Å²) in [6.07, 6.45) is -0.00909. The van der Waals surface area contributed by atoms with Gasteiger partial charge in [-0.15, -0.1) is 0 Å². The fourth-order valence-electron chi connectivity index (χ4n) is 1.71. The SMILES string of the molecule is CCOc1cc(CCNCC(O)C[O])ccc1OC. The van der Waals surface area contributed by atoms with Gasteiger partial charge in [0.05, 0.1) is 19.8 Å². The molecule has 5 heteroatoms. The standard InChI is InChI=1S/C14H22NO4/c1-3-19-14-8-11(4-5-13(14)18-2)6-7-15-9-12(17)10-16/h4-5,8,12,15,17H,3,6-7,9-10H2,1-2H3. The Balaban J connectivity index is 2.47. The maximum atomic E-state index is 10.4. The lowest BCUT2D eigenvalue weighted by atomic mass is 10.1. The summed E-state index contributed by atoms with van der Waals surface area (Å²) in [5, 5.41) is 22.5. The van der Waals surface area contributed by atoms with Crippen LogP contribution in [-0.4, -0.2) is 44.6 Å². The zero-order valence-electron chi connectivity index (χ0n) is 11.5. The van der Waals surface area contributed by atoms with Crippen LogP contribution in [0.1, 0.15) is 12.5 Å². The molecule has 0 heterocycles. The molecule has 1 radical (unpaired) electrons. The molecule has 19 heavy (non-hydrogen) atoms. The van der Waals surface area contributed by atoms with Crippen molar-refractivity contribution in [3.05, 3.63) is 23.8 Å². The van der Waals surface area contributed by atoms with Crippen molar-refractivity contribution in [3.8, 4) is 11.5 Å². The molecule has 0 spiro atoms. The summed E-state index contributed by atoms with van der Waals surface area (Å²) >= 11 is 0. The van der Waals surface area contributed by atoms with Gasteiger partial charge >= 0.3 is 0 Å². The van der Waals surface area contributed by atoms with E-state index < -0.39 is 12.7 Å². The predicted molar refractivity (Wildman–Crippen MR) is 72.3 cm³/mol. The Hall–Kier alpha value is -1.30. The van der Waals surface area contributed by atoms with E-state index in [1.54, 1.807) is 7.11 Å². The smallest absolute Gasteiger partial charge is 0.161 e. The van der Waals surface area contributed by atoms with Crippen molar-refractivity contribution in [2.24, 2.45) is 0 Å². The van der Waals surface area contributed by atoms with Crippen molar-refractivity contribution in [2.75, 3.05) is 33.4 Å². The van der Waals surface area contributed by atoms with Crippen LogP contribution in [0.5, 0.6) is 11.5 Å². The first kappa shape index (κ1) is 15.8. The maximum Gasteiger partial charge on any atom is 0.161 e. The molecule has 1 aromatic rings. The molecule has 0 aliphatic carbocycles. The van der Waals surface area contributed by atoms with E-state index in [-0.39, 0.29) is 0 Å². The zero-order valence-corrected chi connectivity index (χ0v) is 11.5. The van der Waals surface area contributed by atoms with Crippen molar-refractivity contribution in [2.45, 2.75) is 19.4 Å². The quantitative estimate of drug-likeness (QED) is 0.656. The maximum absolute atomic E-state index is 10.4. The first-order valence-corrected chi connectivity index (χ1v) is 6.47. The van der Waals surface area contributed by atoms with Crippen LogP contribution in [0.25, 0.3) is 0 Å². The molecule has 107 valence electrons. The van der Waals surface area contributed by atoms with Crippen molar-refractivity contribution >= 4 is 0 Å². The Morgan fingerprint density at radius 2 is 2.16 bits per heavy atom. The Kier molecular flexibility index (Phi) is 7.25. The summed E-state index contributed by atoms with van der Waals surface area (Å²) in [5.41, 5.74) is 1.12. The number of methoxy groups -OCH3 is 1. The Labute approximate surface area is 114 Å². The van der Waals surface area contributed by atoms with E-state index >= 15 is 0 Å². The molecule has 1 atom stereocenters. The normalized spacial score (nSPS) is 12.2. The molecule has 0 aliphatic heterocycles. The number of benzene rings is 1. The predicted octanol–water partition coefficient (Wildman–Crippen LogP) is 1.02. The molecule has 2 N–H and O–H groups in total. The van der Waals surface area contributed by atoms with Crippen LogP contribution in [0.2, 0.25) is 0 Å². The third kappa shape index (κ3) is 5.46. The number of rotatable bonds is 9. The lowest BCUT2D eigenvalue weighted by molar-refractivity contribution is 0.0557. The van der Waals surface area contributed by atoms with E-state index in [1.807, 2.05) is 25.1 Å².